The van der Waals surface area contributed by atoms with Gasteiger partial charge in [0.15, 0.2) is 11.6 Å². The van der Waals surface area contributed by atoms with Crippen LogP contribution in [0.2, 0.25) is 0 Å². The van der Waals surface area contributed by atoms with Gasteiger partial charge in [-0.1, -0.05) is 6.07 Å². The molecule has 2 nitrogen and oxygen atoms in total. The monoisotopic (exact) mass is 265 g/mol. The van der Waals surface area contributed by atoms with E-state index >= 15 is 0 Å². The van der Waals surface area contributed by atoms with Gasteiger partial charge in [0.2, 0.25) is 0 Å². The van der Waals surface area contributed by atoms with Crippen LogP contribution in [0.4, 0.5) is 4.39 Å². The molecule has 0 saturated carbocycles. The van der Waals surface area contributed by atoms with Crippen LogP contribution in [0.25, 0.3) is 0 Å². The summed E-state index contributed by atoms with van der Waals surface area (Å²) in [4.78, 5) is 2.38. The molecule has 1 saturated heterocycles. The van der Waals surface area contributed by atoms with Crippen LogP contribution >= 0.6 is 0 Å². The summed E-state index contributed by atoms with van der Waals surface area (Å²) < 4.78 is 19.0. The fraction of sp³-hybridized carbons (Fsp3) is 0.625. The number of aryl methyl sites for hydroxylation is 1. The number of ether oxygens (including phenoxy) is 1. The molecule has 19 heavy (non-hydrogen) atoms. The zero-order valence-electron chi connectivity index (χ0n) is 12.0. The molecule has 0 aliphatic carbocycles. The molecule has 0 atom stereocenters. The molecule has 1 aromatic carbocycles. The number of benzene rings is 1. The average Bonchev–Trinajstić information content (AvgIpc) is 2.40. The maximum atomic E-state index is 13.5. The SMILES string of the molecule is Cc1ccc(F)c(OCCCC2CCN(C)CC2)c1. The highest BCUT2D eigenvalue weighted by Crippen LogP contribution is 2.22. The van der Waals surface area contributed by atoms with Crippen molar-refractivity contribution in [2.45, 2.75) is 32.6 Å². The Bertz CT molecular complexity index is 400. The first-order chi connectivity index (χ1) is 9.15. The van der Waals surface area contributed by atoms with Gasteiger partial charge in [-0.15, -0.1) is 0 Å². The van der Waals surface area contributed by atoms with Crippen molar-refractivity contribution in [3.8, 4) is 5.75 Å². The minimum atomic E-state index is -0.259. The summed E-state index contributed by atoms with van der Waals surface area (Å²) in [7, 11) is 2.18. The maximum absolute atomic E-state index is 13.5. The Morgan fingerprint density at radius 2 is 2.05 bits per heavy atom. The highest BCUT2D eigenvalue weighted by Gasteiger charge is 2.16. The largest absolute Gasteiger partial charge is 0.491 e. The van der Waals surface area contributed by atoms with Crippen molar-refractivity contribution in [1.82, 2.24) is 4.90 Å². The number of likely N-dealkylation sites (tertiary alicyclic amines) is 1. The van der Waals surface area contributed by atoms with Crippen molar-refractivity contribution in [3.05, 3.63) is 29.6 Å². The summed E-state index contributed by atoms with van der Waals surface area (Å²) in [6, 6.07) is 5.01. The molecular formula is C16H24FNO. The zero-order valence-corrected chi connectivity index (χ0v) is 12.0. The highest BCUT2D eigenvalue weighted by atomic mass is 19.1. The van der Waals surface area contributed by atoms with Crippen molar-refractivity contribution in [3.63, 3.8) is 0 Å². The van der Waals surface area contributed by atoms with Crippen LogP contribution in [0, 0.1) is 18.7 Å². The molecule has 1 fully saturated rings. The van der Waals surface area contributed by atoms with E-state index in [1.165, 1.54) is 38.4 Å². The van der Waals surface area contributed by atoms with Gasteiger partial charge in [-0.2, -0.15) is 0 Å². The lowest BCUT2D eigenvalue weighted by atomic mass is 9.93. The summed E-state index contributed by atoms with van der Waals surface area (Å²) >= 11 is 0. The van der Waals surface area contributed by atoms with Gasteiger partial charge >= 0.3 is 0 Å². The molecule has 1 aliphatic rings. The molecule has 0 aromatic heterocycles. The lowest BCUT2D eigenvalue weighted by molar-refractivity contribution is 0.199. The molecule has 0 N–H and O–H groups in total. The lowest BCUT2D eigenvalue weighted by Gasteiger charge is -2.28. The van der Waals surface area contributed by atoms with Gasteiger partial charge in [-0.3, -0.25) is 0 Å². The Morgan fingerprint density at radius 3 is 2.79 bits per heavy atom. The summed E-state index contributed by atoms with van der Waals surface area (Å²) in [5.41, 5.74) is 1.03. The van der Waals surface area contributed by atoms with Gasteiger partial charge in [0.05, 0.1) is 6.61 Å². The van der Waals surface area contributed by atoms with Crippen LogP contribution in [0.15, 0.2) is 18.2 Å². The van der Waals surface area contributed by atoms with Crippen molar-refractivity contribution < 1.29 is 9.13 Å². The van der Waals surface area contributed by atoms with Crippen LogP contribution in [-0.4, -0.2) is 31.6 Å². The number of halogens is 1. The first-order valence-corrected chi connectivity index (χ1v) is 7.22. The number of rotatable bonds is 5. The van der Waals surface area contributed by atoms with Gasteiger partial charge in [-0.25, -0.2) is 4.39 Å². The molecule has 106 valence electrons. The second-order valence-corrected chi connectivity index (χ2v) is 5.67. The van der Waals surface area contributed by atoms with Crippen LogP contribution in [0.5, 0.6) is 5.75 Å². The van der Waals surface area contributed by atoms with Crippen LogP contribution in [-0.2, 0) is 0 Å². The first kappa shape index (κ1) is 14.3. The minimum absolute atomic E-state index is 0.259. The second kappa shape index (κ2) is 6.90. The molecule has 1 heterocycles. The lowest BCUT2D eigenvalue weighted by Crippen LogP contribution is -2.30. The third-order valence-electron chi connectivity index (χ3n) is 3.94. The van der Waals surface area contributed by atoms with E-state index in [2.05, 4.69) is 11.9 Å². The predicted octanol–water partition coefficient (Wildman–Crippen LogP) is 3.63. The van der Waals surface area contributed by atoms with Crippen molar-refractivity contribution in [2.24, 2.45) is 5.92 Å². The number of piperidine rings is 1. The minimum Gasteiger partial charge on any atom is -0.491 e. The quantitative estimate of drug-likeness (QED) is 0.754. The van der Waals surface area contributed by atoms with E-state index in [4.69, 9.17) is 4.74 Å². The molecule has 0 spiro atoms. The molecule has 1 aliphatic heterocycles. The van der Waals surface area contributed by atoms with Gasteiger partial charge in [0.25, 0.3) is 0 Å². The van der Waals surface area contributed by atoms with E-state index in [0.29, 0.717) is 12.4 Å². The van der Waals surface area contributed by atoms with Crippen molar-refractivity contribution >= 4 is 0 Å². The van der Waals surface area contributed by atoms with E-state index in [1.807, 2.05) is 6.92 Å². The van der Waals surface area contributed by atoms with E-state index in [-0.39, 0.29) is 5.82 Å². The van der Waals surface area contributed by atoms with Crippen molar-refractivity contribution in [1.29, 1.82) is 0 Å². The van der Waals surface area contributed by atoms with E-state index < -0.39 is 0 Å². The molecule has 0 amide bonds. The first-order valence-electron chi connectivity index (χ1n) is 7.22. The zero-order chi connectivity index (χ0) is 13.7. The Hall–Kier alpha value is -1.09. The third kappa shape index (κ3) is 4.50. The molecule has 0 unspecified atom stereocenters. The van der Waals surface area contributed by atoms with Crippen LogP contribution in [0.3, 0.4) is 0 Å². The second-order valence-electron chi connectivity index (χ2n) is 5.67. The maximum Gasteiger partial charge on any atom is 0.165 e. The molecule has 0 radical (unpaired) electrons. The predicted molar refractivity (Wildman–Crippen MR) is 76.1 cm³/mol. The smallest absolute Gasteiger partial charge is 0.165 e. The fourth-order valence-corrected chi connectivity index (χ4v) is 2.63. The molecule has 2 rings (SSSR count). The van der Waals surface area contributed by atoms with Crippen LogP contribution < -0.4 is 4.74 Å². The highest BCUT2D eigenvalue weighted by molar-refractivity contribution is 5.29. The van der Waals surface area contributed by atoms with E-state index in [1.54, 1.807) is 12.1 Å². The summed E-state index contributed by atoms with van der Waals surface area (Å²) in [6.45, 7) is 4.98. The van der Waals surface area contributed by atoms with Gasteiger partial charge < -0.3 is 9.64 Å². The topological polar surface area (TPSA) is 12.5 Å². The normalized spacial score (nSPS) is 17.6. The van der Waals surface area contributed by atoms with E-state index in [0.717, 1.165) is 17.9 Å². The standard InChI is InChI=1S/C16H24FNO/c1-13-5-6-15(17)16(12-13)19-11-3-4-14-7-9-18(2)10-8-14/h5-6,12,14H,3-4,7-11H2,1-2H3. The average molecular weight is 265 g/mol. The Balaban J connectivity index is 1.68. The Morgan fingerprint density at radius 1 is 1.32 bits per heavy atom. The Kier molecular flexibility index (Phi) is 5.20. The summed E-state index contributed by atoms with van der Waals surface area (Å²) in [5, 5.41) is 0. The number of hydrogen-bond donors (Lipinski definition) is 0. The van der Waals surface area contributed by atoms with Gasteiger partial charge in [-0.05, 0) is 76.4 Å². The van der Waals surface area contributed by atoms with Crippen LogP contribution in [0.1, 0.15) is 31.2 Å². The van der Waals surface area contributed by atoms with Gasteiger partial charge in [0.1, 0.15) is 0 Å². The number of hydrogen-bond acceptors (Lipinski definition) is 2. The third-order valence-corrected chi connectivity index (χ3v) is 3.94. The van der Waals surface area contributed by atoms with Gasteiger partial charge in [0, 0.05) is 0 Å². The molecular weight excluding hydrogens is 241 g/mol. The summed E-state index contributed by atoms with van der Waals surface area (Å²) in [5.74, 6) is 0.954. The molecule has 1 aromatic rings. The van der Waals surface area contributed by atoms with E-state index in [9.17, 15) is 4.39 Å². The van der Waals surface area contributed by atoms with Crippen molar-refractivity contribution in [2.75, 3.05) is 26.7 Å². The number of nitrogens with zero attached hydrogens (tertiary/aromatic N) is 1. The molecule has 0 bridgehead atoms. The fourth-order valence-electron chi connectivity index (χ4n) is 2.63. The summed E-state index contributed by atoms with van der Waals surface area (Å²) in [6.07, 6.45) is 4.79. The molecule has 3 heteroatoms. The Labute approximate surface area is 115 Å².